The molecule has 0 saturated heterocycles. The predicted molar refractivity (Wildman–Crippen MR) is 84.8 cm³/mol. The molecule has 0 radical (unpaired) electrons. The van der Waals surface area contributed by atoms with E-state index < -0.39 is 0 Å². The van der Waals surface area contributed by atoms with Crippen LogP contribution in [0.3, 0.4) is 0 Å². The highest BCUT2D eigenvalue weighted by Gasteiger charge is 2.26. The SMILES string of the molecule is CNCCCNCCC(=O)OCC(C)(C)CC(C)(C)C. The topological polar surface area (TPSA) is 50.4 Å². The number of esters is 1. The molecule has 0 aromatic heterocycles. The number of nitrogens with one attached hydrogen (secondary N) is 2. The molecule has 0 aromatic carbocycles. The smallest absolute Gasteiger partial charge is 0.307 e. The first-order chi connectivity index (χ1) is 9.16. The lowest BCUT2D eigenvalue weighted by atomic mass is 9.77. The molecule has 0 aliphatic heterocycles. The minimum absolute atomic E-state index is 0.0358. The Labute approximate surface area is 125 Å². The largest absolute Gasteiger partial charge is 0.465 e. The standard InChI is InChI=1S/C16H34N2O2/c1-15(2,3)12-16(4,5)13-20-14(19)8-11-18-10-7-9-17-6/h17-18H,7-13H2,1-6H3. The minimum Gasteiger partial charge on any atom is -0.465 e. The van der Waals surface area contributed by atoms with E-state index in [0.29, 0.717) is 19.6 Å². The van der Waals surface area contributed by atoms with Crippen molar-refractivity contribution in [1.29, 1.82) is 0 Å². The van der Waals surface area contributed by atoms with Crippen molar-refractivity contribution in [2.75, 3.05) is 33.3 Å². The van der Waals surface area contributed by atoms with Crippen LogP contribution in [0.1, 0.15) is 53.9 Å². The number of ether oxygens (including phenoxy) is 1. The lowest BCUT2D eigenvalue weighted by Gasteiger charge is -2.31. The molecule has 0 heterocycles. The van der Waals surface area contributed by atoms with Crippen LogP contribution in [0.25, 0.3) is 0 Å². The number of carbonyl (C=O) groups is 1. The van der Waals surface area contributed by atoms with Crippen LogP contribution >= 0.6 is 0 Å². The van der Waals surface area contributed by atoms with Crippen LogP contribution in [-0.2, 0) is 9.53 Å². The van der Waals surface area contributed by atoms with Crippen molar-refractivity contribution >= 4 is 5.97 Å². The first-order valence-electron chi connectivity index (χ1n) is 7.67. The maximum absolute atomic E-state index is 11.7. The molecule has 0 amide bonds. The fourth-order valence-corrected chi connectivity index (χ4v) is 2.54. The Balaban J connectivity index is 3.71. The van der Waals surface area contributed by atoms with Gasteiger partial charge in [-0.05, 0) is 43.8 Å². The highest BCUT2D eigenvalue weighted by atomic mass is 16.5. The van der Waals surface area contributed by atoms with Crippen LogP contribution in [0, 0.1) is 10.8 Å². The van der Waals surface area contributed by atoms with Crippen molar-refractivity contribution in [3.05, 3.63) is 0 Å². The van der Waals surface area contributed by atoms with E-state index in [1.54, 1.807) is 0 Å². The van der Waals surface area contributed by atoms with Crippen LogP contribution in [0.5, 0.6) is 0 Å². The molecule has 0 unspecified atom stereocenters. The Morgan fingerprint density at radius 2 is 1.70 bits per heavy atom. The van der Waals surface area contributed by atoms with Crippen LogP contribution in [0.15, 0.2) is 0 Å². The average Bonchev–Trinajstić information content (AvgIpc) is 2.28. The van der Waals surface area contributed by atoms with Gasteiger partial charge in [0.25, 0.3) is 0 Å². The van der Waals surface area contributed by atoms with Crippen molar-refractivity contribution in [2.24, 2.45) is 10.8 Å². The normalized spacial score (nSPS) is 12.5. The van der Waals surface area contributed by atoms with Gasteiger partial charge in [-0.3, -0.25) is 4.79 Å². The quantitative estimate of drug-likeness (QED) is 0.479. The summed E-state index contributed by atoms with van der Waals surface area (Å²) >= 11 is 0. The van der Waals surface area contributed by atoms with E-state index in [-0.39, 0.29) is 16.8 Å². The van der Waals surface area contributed by atoms with Crippen molar-refractivity contribution in [2.45, 2.75) is 53.9 Å². The first-order valence-corrected chi connectivity index (χ1v) is 7.67. The maximum atomic E-state index is 11.7. The van der Waals surface area contributed by atoms with Crippen molar-refractivity contribution in [3.63, 3.8) is 0 Å². The lowest BCUT2D eigenvalue weighted by molar-refractivity contribution is -0.147. The van der Waals surface area contributed by atoms with Crippen LogP contribution in [-0.4, -0.2) is 39.3 Å². The second-order valence-electron chi connectivity index (χ2n) is 7.52. The zero-order valence-corrected chi connectivity index (χ0v) is 14.3. The van der Waals surface area contributed by atoms with Crippen molar-refractivity contribution in [1.82, 2.24) is 10.6 Å². The third-order valence-corrected chi connectivity index (χ3v) is 2.92. The summed E-state index contributed by atoms with van der Waals surface area (Å²) in [4.78, 5) is 11.7. The van der Waals surface area contributed by atoms with Gasteiger partial charge in [-0.25, -0.2) is 0 Å². The van der Waals surface area contributed by atoms with Gasteiger partial charge < -0.3 is 15.4 Å². The lowest BCUT2D eigenvalue weighted by Crippen LogP contribution is -2.28. The fourth-order valence-electron chi connectivity index (χ4n) is 2.54. The van der Waals surface area contributed by atoms with Gasteiger partial charge in [-0.1, -0.05) is 34.6 Å². The Hall–Kier alpha value is -0.610. The molecular formula is C16H34N2O2. The van der Waals surface area contributed by atoms with E-state index in [2.05, 4.69) is 45.3 Å². The molecule has 0 aliphatic carbocycles. The Morgan fingerprint density at radius 3 is 2.25 bits per heavy atom. The third kappa shape index (κ3) is 12.4. The summed E-state index contributed by atoms with van der Waals surface area (Å²) in [7, 11) is 1.94. The molecule has 20 heavy (non-hydrogen) atoms. The van der Waals surface area contributed by atoms with Crippen molar-refractivity contribution < 1.29 is 9.53 Å². The van der Waals surface area contributed by atoms with Gasteiger partial charge in [0.05, 0.1) is 13.0 Å². The van der Waals surface area contributed by atoms with Crippen molar-refractivity contribution in [3.8, 4) is 0 Å². The van der Waals surface area contributed by atoms with Crippen LogP contribution in [0.2, 0.25) is 0 Å². The summed E-state index contributed by atoms with van der Waals surface area (Å²) in [6, 6.07) is 0. The molecule has 0 fully saturated rings. The van der Waals surface area contributed by atoms with Crippen LogP contribution < -0.4 is 10.6 Å². The molecule has 0 aliphatic rings. The second-order valence-corrected chi connectivity index (χ2v) is 7.52. The molecule has 2 N–H and O–H groups in total. The van der Waals surface area contributed by atoms with Gasteiger partial charge in [-0.2, -0.15) is 0 Å². The highest BCUT2D eigenvalue weighted by molar-refractivity contribution is 5.69. The predicted octanol–water partition coefficient (Wildman–Crippen LogP) is 2.58. The number of hydrogen-bond donors (Lipinski definition) is 2. The van der Waals surface area contributed by atoms with Gasteiger partial charge in [0, 0.05) is 6.54 Å². The molecular weight excluding hydrogens is 252 g/mol. The first kappa shape index (κ1) is 19.4. The summed E-state index contributed by atoms with van der Waals surface area (Å²) in [5.74, 6) is -0.104. The van der Waals surface area contributed by atoms with E-state index in [4.69, 9.17) is 4.74 Å². The van der Waals surface area contributed by atoms with Gasteiger partial charge >= 0.3 is 5.97 Å². The van der Waals surface area contributed by atoms with Gasteiger partial charge in [0.15, 0.2) is 0 Å². The third-order valence-electron chi connectivity index (χ3n) is 2.92. The molecule has 4 nitrogen and oxygen atoms in total. The molecule has 0 saturated carbocycles. The Morgan fingerprint density at radius 1 is 1.05 bits per heavy atom. The molecule has 0 aromatic rings. The number of hydrogen-bond acceptors (Lipinski definition) is 4. The Kier molecular flexibility index (Phi) is 9.06. The maximum Gasteiger partial charge on any atom is 0.307 e. The zero-order valence-electron chi connectivity index (χ0n) is 14.3. The molecule has 0 bridgehead atoms. The molecule has 0 atom stereocenters. The number of carbonyl (C=O) groups excluding carboxylic acids is 1. The van der Waals surface area contributed by atoms with E-state index in [0.717, 1.165) is 25.9 Å². The molecule has 120 valence electrons. The van der Waals surface area contributed by atoms with E-state index >= 15 is 0 Å². The Bertz CT molecular complexity index is 270. The van der Waals surface area contributed by atoms with E-state index in [1.165, 1.54) is 0 Å². The summed E-state index contributed by atoms with van der Waals surface area (Å²) in [6.45, 7) is 14.1. The second kappa shape index (κ2) is 9.35. The van der Waals surface area contributed by atoms with Gasteiger partial charge in [0.1, 0.15) is 0 Å². The number of rotatable bonds is 10. The summed E-state index contributed by atoms with van der Waals surface area (Å²) in [5, 5.41) is 6.34. The van der Waals surface area contributed by atoms with E-state index in [9.17, 15) is 4.79 Å². The van der Waals surface area contributed by atoms with Gasteiger partial charge in [0.2, 0.25) is 0 Å². The van der Waals surface area contributed by atoms with E-state index in [1.807, 2.05) is 7.05 Å². The molecule has 4 heteroatoms. The summed E-state index contributed by atoms with van der Waals surface area (Å²) in [6.07, 6.45) is 2.56. The highest BCUT2D eigenvalue weighted by Crippen LogP contribution is 2.33. The monoisotopic (exact) mass is 286 g/mol. The summed E-state index contributed by atoms with van der Waals surface area (Å²) in [5.41, 5.74) is 0.291. The molecule has 0 rings (SSSR count). The minimum atomic E-state index is -0.104. The average molecular weight is 286 g/mol. The zero-order chi connectivity index (χ0) is 15.6. The summed E-state index contributed by atoms with van der Waals surface area (Å²) < 4.78 is 5.39. The molecule has 0 spiro atoms. The van der Waals surface area contributed by atoms with Gasteiger partial charge in [-0.15, -0.1) is 0 Å². The van der Waals surface area contributed by atoms with Crippen LogP contribution in [0.4, 0.5) is 0 Å². The fraction of sp³-hybridized carbons (Fsp3) is 0.938.